The van der Waals surface area contributed by atoms with Gasteiger partial charge in [0.2, 0.25) is 0 Å². The molecule has 0 N–H and O–H groups in total. The van der Waals surface area contributed by atoms with Gasteiger partial charge in [-0.3, -0.25) is 9.59 Å². The minimum Gasteiger partial charge on any atom is -0.465 e. The molecule has 22 heavy (non-hydrogen) atoms. The first-order valence-electron chi connectivity index (χ1n) is 7.80. The normalized spacial score (nSPS) is 32.1. The number of carbonyl (C=O) groups is 2. The van der Waals surface area contributed by atoms with Crippen LogP contribution in [0.5, 0.6) is 0 Å². The molecule has 0 radical (unpaired) electrons. The van der Waals surface area contributed by atoms with Gasteiger partial charge in [0.15, 0.2) is 5.41 Å². The van der Waals surface area contributed by atoms with Crippen molar-refractivity contribution in [1.82, 2.24) is 0 Å². The Balaban J connectivity index is 2.47. The minimum absolute atomic E-state index is 0.0410. The summed E-state index contributed by atoms with van der Waals surface area (Å²) in [6.07, 6.45) is 6.70. The zero-order valence-electron chi connectivity index (χ0n) is 13.1. The van der Waals surface area contributed by atoms with Crippen LogP contribution in [0.3, 0.4) is 0 Å². The van der Waals surface area contributed by atoms with Gasteiger partial charge in [0.05, 0.1) is 18.6 Å². The van der Waals surface area contributed by atoms with Gasteiger partial charge in [-0.25, -0.2) is 0 Å². The Bertz CT molecular complexity index is 467. The van der Waals surface area contributed by atoms with E-state index in [1.165, 1.54) is 0 Å². The van der Waals surface area contributed by atoms with E-state index in [-0.39, 0.29) is 36.3 Å². The number of alkyl halides is 1. The molecule has 2 aliphatic carbocycles. The van der Waals surface area contributed by atoms with Crippen molar-refractivity contribution in [2.24, 2.45) is 23.2 Å². The van der Waals surface area contributed by atoms with E-state index in [0.717, 1.165) is 0 Å². The van der Waals surface area contributed by atoms with Crippen LogP contribution in [0.15, 0.2) is 24.8 Å². The Labute approximate surface area is 136 Å². The number of halogens is 1. The van der Waals surface area contributed by atoms with Gasteiger partial charge in [-0.15, -0.1) is 18.2 Å². The molecule has 1 saturated carbocycles. The standard InChI is InChI=1S/C17H23ClO4/c1-4-11-10-17(15(19)21-5-2,16(20)22-6-3)14-9-12(18)7-8-13(11)14/h4,7-8,11-14H,1,5-6,9-10H2,2-3H3/t11?,12-,13-,14-/m1/s1. The topological polar surface area (TPSA) is 52.6 Å². The van der Waals surface area contributed by atoms with E-state index < -0.39 is 17.4 Å². The summed E-state index contributed by atoms with van der Waals surface area (Å²) in [5, 5.41) is -0.187. The fraction of sp³-hybridized carbons (Fsp3) is 0.647. The first-order chi connectivity index (χ1) is 10.5. The van der Waals surface area contributed by atoms with Gasteiger partial charge in [0.25, 0.3) is 0 Å². The Kier molecular flexibility index (Phi) is 5.32. The van der Waals surface area contributed by atoms with Gasteiger partial charge in [0.1, 0.15) is 0 Å². The molecular formula is C17H23ClO4. The van der Waals surface area contributed by atoms with Crippen LogP contribution in [0.1, 0.15) is 26.7 Å². The number of ether oxygens (including phenoxy) is 2. The Hall–Kier alpha value is -1.29. The van der Waals surface area contributed by atoms with Gasteiger partial charge >= 0.3 is 11.9 Å². The van der Waals surface area contributed by atoms with E-state index in [2.05, 4.69) is 6.58 Å². The number of allylic oxidation sites excluding steroid dienone is 3. The van der Waals surface area contributed by atoms with Gasteiger partial charge in [0, 0.05) is 0 Å². The van der Waals surface area contributed by atoms with Crippen LogP contribution in [0.2, 0.25) is 0 Å². The van der Waals surface area contributed by atoms with E-state index in [1.807, 2.05) is 18.2 Å². The minimum atomic E-state index is -1.27. The number of esters is 2. The third kappa shape index (κ3) is 2.69. The second kappa shape index (κ2) is 6.86. The molecule has 122 valence electrons. The molecule has 2 rings (SSSR count). The number of carbonyl (C=O) groups excluding carboxylic acids is 2. The predicted molar refractivity (Wildman–Crippen MR) is 84.4 cm³/mol. The van der Waals surface area contributed by atoms with Gasteiger partial charge in [-0.1, -0.05) is 18.2 Å². The monoisotopic (exact) mass is 326 g/mol. The summed E-state index contributed by atoms with van der Waals surface area (Å²) in [5.41, 5.74) is -1.27. The van der Waals surface area contributed by atoms with Crippen LogP contribution in [0.4, 0.5) is 0 Å². The maximum atomic E-state index is 12.7. The summed E-state index contributed by atoms with van der Waals surface area (Å²) in [5.74, 6) is -1.08. The maximum Gasteiger partial charge on any atom is 0.323 e. The van der Waals surface area contributed by atoms with Crippen LogP contribution in [-0.2, 0) is 19.1 Å². The predicted octanol–water partition coefficient (Wildman–Crippen LogP) is 3.10. The van der Waals surface area contributed by atoms with Gasteiger partial charge in [-0.2, -0.15) is 0 Å². The first-order valence-corrected chi connectivity index (χ1v) is 8.24. The van der Waals surface area contributed by atoms with E-state index >= 15 is 0 Å². The summed E-state index contributed by atoms with van der Waals surface area (Å²) in [6.45, 7) is 7.79. The molecule has 0 bridgehead atoms. The van der Waals surface area contributed by atoms with Crippen molar-refractivity contribution < 1.29 is 19.1 Å². The third-order valence-corrected chi connectivity index (χ3v) is 5.08. The number of hydrogen-bond acceptors (Lipinski definition) is 4. The summed E-state index contributed by atoms with van der Waals surface area (Å²) in [6, 6.07) is 0. The molecule has 4 atom stereocenters. The molecule has 0 aliphatic heterocycles. The highest BCUT2D eigenvalue weighted by atomic mass is 35.5. The van der Waals surface area contributed by atoms with Crippen molar-refractivity contribution >= 4 is 23.5 Å². The van der Waals surface area contributed by atoms with E-state index in [0.29, 0.717) is 12.8 Å². The molecule has 0 aromatic heterocycles. The molecule has 1 unspecified atom stereocenters. The van der Waals surface area contributed by atoms with Crippen molar-refractivity contribution in [3.05, 3.63) is 24.8 Å². The van der Waals surface area contributed by atoms with E-state index in [4.69, 9.17) is 21.1 Å². The highest BCUT2D eigenvalue weighted by molar-refractivity contribution is 6.22. The van der Waals surface area contributed by atoms with E-state index in [9.17, 15) is 9.59 Å². The fourth-order valence-electron chi connectivity index (χ4n) is 3.80. The number of fused-ring (bicyclic) bond motifs is 1. The maximum absolute atomic E-state index is 12.7. The lowest BCUT2D eigenvalue weighted by Gasteiger charge is -2.35. The summed E-state index contributed by atoms with van der Waals surface area (Å²) >= 11 is 6.25. The highest BCUT2D eigenvalue weighted by Gasteiger charge is 2.63. The molecule has 0 aromatic carbocycles. The largest absolute Gasteiger partial charge is 0.465 e. The highest BCUT2D eigenvalue weighted by Crippen LogP contribution is 2.56. The molecule has 1 fully saturated rings. The fourth-order valence-corrected chi connectivity index (χ4v) is 4.08. The summed E-state index contributed by atoms with van der Waals surface area (Å²) < 4.78 is 10.5. The number of hydrogen-bond donors (Lipinski definition) is 0. The SMILES string of the molecule is C=CC1CC(C(=O)OCC)(C(=O)OCC)[C@@H]2C[C@H](Cl)C=C[C@H]12. The van der Waals surface area contributed by atoms with Crippen LogP contribution >= 0.6 is 11.6 Å². The summed E-state index contributed by atoms with van der Waals surface area (Å²) in [4.78, 5) is 25.4. The first kappa shape index (κ1) is 17.1. The van der Waals surface area contributed by atoms with Crippen LogP contribution in [0, 0.1) is 23.2 Å². The van der Waals surface area contributed by atoms with Crippen LogP contribution < -0.4 is 0 Å². The van der Waals surface area contributed by atoms with E-state index in [1.54, 1.807) is 13.8 Å². The van der Waals surface area contributed by atoms with Crippen molar-refractivity contribution in [2.45, 2.75) is 32.1 Å². The molecule has 0 spiro atoms. The zero-order chi connectivity index (χ0) is 16.3. The average Bonchev–Trinajstić information content (AvgIpc) is 2.82. The molecule has 0 saturated heterocycles. The van der Waals surface area contributed by atoms with Crippen LogP contribution in [-0.4, -0.2) is 30.5 Å². The van der Waals surface area contributed by atoms with Gasteiger partial charge < -0.3 is 9.47 Å². The van der Waals surface area contributed by atoms with Gasteiger partial charge in [-0.05, 0) is 44.4 Å². The van der Waals surface area contributed by atoms with Crippen molar-refractivity contribution in [2.75, 3.05) is 13.2 Å². The van der Waals surface area contributed by atoms with Crippen LogP contribution in [0.25, 0.3) is 0 Å². The van der Waals surface area contributed by atoms with Crippen molar-refractivity contribution in [3.8, 4) is 0 Å². The molecule has 0 aromatic rings. The lowest BCUT2D eigenvalue weighted by atomic mass is 9.71. The van der Waals surface area contributed by atoms with Crippen molar-refractivity contribution in [1.29, 1.82) is 0 Å². The Morgan fingerprint density at radius 2 is 1.86 bits per heavy atom. The van der Waals surface area contributed by atoms with Crippen molar-refractivity contribution in [3.63, 3.8) is 0 Å². The Morgan fingerprint density at radius 1 is 1.27 bits per heavy atom. The molecule has 4 nitrogen and oxygen atoms in total. The molecule has 0 heterocycles. The second-order valence-corrected chi connectivity index (χ2v) is 6.40. The zero-order valence-corrected chi connectivity index (χ0v) is 13.8. The quantitative estimate of drug-likeness (QED) is 0.337. The Morgan fingerprint density at radius 3 is 2.36 bits per heavy atom. The molecule has 0 amide bonds. The molecular weight excluding hydrogens is 304 g/mol. The summed E-state index contributed by atoms with van der Waals surface area (Å²) in [7, 11) is 0. The molecule has 5 heteroatoms. The lowest BCUT2D eigenvalue weighted by Crippen LogP contribution is -2.47. The smallest absolute Gasteiger partial charge is 0.323 e. The lowest BCUT2D eigenvalue weighted by molar-refractivity contribution is -0.176. The molecule has 2 aliphatic rings. The number of rotatable bonds is 5. The third-order valence-electron chi connectivity index (χ3n) is 4.75. The second-order valence-electron chi connectivity index (χ2n) is 5.84. The average molecular weight is 327 g/mol.